The van der Waals surface area contributed by atoms with Gasteiger partial charge in [-0.3, -0.25) is 9.59 Å². The van der Waals surface area contributed by atoms with E-state index in [1.807, 2.05) is 12.1 Å². The highest BCUT2D eigenvalue weighted by Crippen LogP contribution is 2.24. The highest BCUT2D eigenvalue weighted by molar-refractivity contribution is 5.98. The zero-order valence-electron chi connectivity index (χ0n) is 11.1. The van der Waals surface area contributed by atoms with Crippen molar-refractivity contribution in [2.45, 2.75) is 25.3 Å². The first-order valence-electron chi connectivity index (χ1n) is 6.61. The largest absolute Gasteiger partial charge is 0.337 e. The van der Waals surface area contributed by atoms with Crippen molar-refractivity contribution in [3.8, 4) is 0 Å². The van der Waals surface area contributed by atoms with Crippen molar-refractivity contribution >= 4 is 29.9 Å². The van der Waals surface area contributed by atoms with E-state index in [9.17, 15) is 9.59 Å². The third-order valence-electron chi connectivity index (χ3n) is 3.76. The van der Waals surface area contributed by atoms with Crippen molar-refractivity contribution < 1.29 is 9.59 Å². The van der Waals surface area contributed by atoms with Gasteiger partial charge in [-0.1, -0.05) is 0 Å². The third-order valence-corrected chi connectivity index (χ3v) is 3.76. The zero-order valence-corrected chi connectivity index (χ0v) is 11.9. The number of aryl methyl sites for hydroxylation is 1. The van der Waals surface area contributed by atoms with E-state index in [0.717, 1.165) is 24.2 Å². The third kappa shape index (κ3) is 2.78. The number of nitrogens with two attached hydrogens (primary N) is 1. The smallest absolute Gasteiger partial charge is 0.253 e. The van der Waals surface area contributed by atoms with Crippen molar-refractivity contribution in [2.24, 2.45) is 5.73 Å². The first-order valence-corrected chi connectivity index (χ1v) is 6.61. The standard InChI is InChI=1S/C14H17N3O2.ClH/c15-11-5-6-17(8-11)14(19)10-1-3-12-9(7-10)2-4-13(18)16-12;/h1,3,7,11H,2,4-6,8,15H2,(H,16,18);1H/t11-;/m1./s1. The van der Waals surface area contributed by atoms with Gasteiger partial charge in [0.1, 0.15) is 0 Å². The van der Waals surface area contributed by atoms with Crippen molar-refractivity contribution in [3.05, 3.63) is 29.3 Å². The summed E-state index contributed by atoms with van der Waals surface area (Å²) in [4.78, 5) is 25.4. The SMILES string of the molecule is Cl.N[C@@H]1CCN(C(=O)c2ccc3c(c2)CCC(=O)N3)C1. The average Bonchev–Trinajstić information content (AvgIpc) is 2.84. The second-order valence-corrected chi connectivity index (χ2v) is 5.22. The molecule has 1 fully saturated rings. The molecule has 1 aromatic rings. The molecule has 0 bridgehead atoms. The Kier molecular flexibility index (Phi) is 4.30. The number of rotatable bonds is 1. The van der Waals surface area contributed by atoms with Crippen molar-refractivity contribution in [1.29, 1.82) is 0 Å². The van der Waals surface area contributed by atoms with E-state index in [4.69, 9.17) is 5.73 Å². The quantitative estimate of drug-likeness (QED) is 0.816. The van der Waals surface area contributed by atoms with Gasteiger partial charge in [-0.25, -0.2) is 0 Å². The molecule has 0 spiro atoms. The minimum atomic E-state index is 0. The number of carbonyl (C=O) groups is 2. The summed E-state index contributed by atoms with van der Waals surface area (Å²) >= 11 is 0. The van der Waals surface area contributed by atoms with Crippen LogP contribution in [0.1, 0.15) is 28.8 Å². The number of halogens is 1. The maximum Gasteiger partial charge on any atom is 0.253 e. The molecule has 1 aromatic carbocycles. The fraction of sp³-hybridized carbons (Fsp3) is 0.429. The molecule has 1 saturated heterocycles. The number of hydrogen-bond acceptors (Lipinski definition) is 3. The number of likely N-dealkylation sites (tertiary alicyclic amines) is 1. The molecule has 2 aliphatic heterocycles. The summed E-state index contributed by atoms with van der Waals surface area (Å²) in [5, 5.41) is 2.82. The van der Waals surface area contributed by atoms with Gasteiger partial charge in [0.05, 0.1) is 0 Å². The summed E-state index contributed by atoms with van der Waals surface area (Å²) < 4.78 is 0. The van der Waals surface area contributed by atoms with Gasteiger partial charge in [-0.15, -0.1) is 12.4 Å². The molecule has 108 valence electrons. The van der Waals surface area contributed by atoms with Crippen LogP contribution in [-0.4, -0.2) is 35.8 Å². The van der Waals surface area contributed by atoms with Crippen LogP contribution in [0.25, 0.3) is 0 Å². The van der Waals surface area contributed by atoms with Crippen LogP contribution >= 0.6 is 12.4 Å². The van der Waals surface area contributed by atoms with E-state index in [2.05, 4.69) is 5.32 Å². The lowest BCUT2D eigenvalue weighted by Gasteiger charge is -2.20. The Morgan fingerprint density at radius 2 is 2.15 bits per heavy atom. The van der Waals surface area contributed by atoms with E-state index in [0.29, 0.717) is 24.9 Å². The molecule has 0 aliphatic carbocycles. The molecule has 0 aromatic heterocycles. The Hall–Kier alpha value is -1.59. The van der Waals surface area contributed by atoms with Gasteiger partial charge in [0.25, 0.3) is 5.91 Å². The van der Waals surface area contributed by atoms with Gasteiger partial charge in [-0.05, 0) is 36.6 Å². The predicted octanol–water partition coefficient (Wildman–Crippen LogP) is 1.17. The Labute approximate surface area is 123 Å². The minimum absolute atomic E-state index is 0. The van der Waals surface area contributed by atoms with E-state index in [-0.39, 0.29) is 30.3 Å². The van der Waals surface area contributed by atoms with Crippen LogP contribution < -0.4 is 11.1 Å². The number of nitrogens with one attached hydrogen (secondary N) is 1. The summed E-state index contributed by atoms with van der Waals surface area (Å²) in [7, 11) is 0. The van der Waals surface area contributed by atoms with Crippen LogP contribution in [0, 0.1) is 0 Å². The number of hydrogen-bond donors (Lipinski definition) is 2. The first-order chi connectivity index (χ1) is 9.13. The lowest BCUT2D eigenvalue weighted by Crippen LogP contribution is -2.32. The minimum Gasteiger partial charge on any atom is -0.337 e. The van der Waals surface area contributed by atoms with E-state index >= 15 is 0 Å². The average molecular weight is 296 g/mol. The van der Waals surface area contributed by atoms with Crippen molar-refractivity contribution in [3.63, 3.8) is 0 Å². The molecule has 2 aliphatic rings. The van der Waals surface area contributed by atoms with Crippen LogP contribution in [0.5, 0.6) is 0 Å². The summed E-state index contributed by atoms with van der Waals surface area (Å²) in [5.41, 5.74) is 8.37. The molecule has 3 rings (SSSR count). The summed E-state index contributed by atoms with van der Waals surface area (Å²) in [5.74, 6) is 0.0738. The van der Waals surface area contributed by atoms with Gasteiger partial charge in [0.15, 0.2) is 0 Å². The summed E-state index contributed by atoms with van der Waals surface area (Å²) in [6.07, 6.45) is 2.05. The Balaban J connectivity index is 0.00000147. The van der Waals surface area contributed by atoms with Gasteiger partial charge in [0.2, 0.25) is 5.91 Å². The molecule has 20 heavy (non-hydrogen) atoms. The summed E-state index contributed by atoms with van der Waals surface area (Å²) in [6.45, 7) is 1.36. The highest BCUT2D eigenvalue weighted by atomic mass is 35.5. The van der Waals surface area contributed by atoms with E-state index in [1.54, 1.807) is 11.0 Å². The second-order valence-electron chi connectivity index (χ2n) is 5.22. The van der Waals surface area contributed by atoms with Crippen molar-refractivity contribution in [1.82, 2.24) is 4.90 Å². The van der Waals surface area contributed by atoms with E-state index in [1.165, 1.54) is 0 Å². The number of amides is 2. The van der Waals surface area contributed by atoms with Gasteiger partial charge >= 0.3 is 0 Å². The number of benzene rings is 1. The highest BCUT2D eigenvalue weighted by Gasteiger charge is 2.25. The number of anilines is 1. The van der Waals surface area contributed by atoms with Crippen LogP contribution in [0.15, 0.2) is 18.2 Å². The van der Waals surface area contributed by atoms with Crippen molar-refractivity contribution in [2.75, 3.05) is 18.4 Å². The fourth-order valence-electron chi connectivity index (χ4n) is 2.67. The normalized spacial score (nSPS) is 20.9. The molecule has 3 N–H and O–H groups in total. The molecule has 0 saturated carbocycles. The molecule has 2 amide bonds. The van der Waals surface area contributed by atoms with Crippen LogP contribution in [0.2, 0.25) is 0 Å². The molecular formula is C14H18ClN3O2. The molecule has 0 radical (unpaired) electrons. The lowest BCUT2D eigenvalue weighted by molar-refractivity contribution is -0.116. The second kappa shape index (κ2) is 5.81. The van der Waals surface area contributed by atoms with Gasteiger partial charge < -0.3 is 16.0 Å². The molecule has 6 heteroatoms. The van der Waals surface area contributed by atoms with Gasteiger partial charge in [-0.2, -0.15) is 0 Å². The maximum atomic E-state index is 12.3. The van der Waals surface area contributed by atoms with Crippen LogP contribution in [-0.2, 0) is 11.2 Å². The lowest BCUT2D eigenvalue weighted by atomic mass is 10.00. The number of fused-ring (bicyclic) bond motifs is 1. The maximum absolute atomic E-state index is 12.3. The molecule has 2 heterocycles. The zero-order chi connectivity index (χ0) is 13.4. The first kappa shape index (κ1) is 14.8. The van der Waals surface area contributed by atoms with E-state index < -0.39 is 0 Å². The van der Waals surface area contributed by atoms with Gasteiger partial charge in [0, 0.05) is 36.8 Å². The molecule has 0 unspecified atom stereocenters. The topological polar surface area (TPSA) is 75.4 Å². The van der Waals surface area contributed by atoms with Crippen LogP contribution in [0.3, 0.4) is 0 Å². The predicted molar refractivity (Wildman–Crippen MR) is 79.1 cm³/mol. The monoisotopic (exact) mass is 295 g/mol. The fourth-order valence-corrected chi connectivity index (χ4v) is 2.67. The molecular weight excluding hydrogens is 278 g/mol. The summed E-state index contributed by atoms with van der Waals surface area (Å²) in [6, 6.07) is 5.58. The molecule has 1 atom stereocenters. The van der Waals surface area contributed by atoms with Crippen LogP contribution in [0.4, 0.5) is 5.69 Å². The molecule has 5 nitrogen and oxygen atoms in total. The Morgan fingerprint density at radius 1 is 1.35 bits per heavy atom. The Morgan fingerprint density at radius 3 is 2.85 bits per heavy atom. The Bertz CT molecular complexity index is 547. The number of carbonyl (C=O) groups excluding carboxylic acids is 2. The number of nitrogens with zero attached hydrogens (tertiary/aromatic N) is 1.